The Hall–Kier alpha value is -2.10. The van der Waals surface area contributed by atoms with E-state index >= 15 is 0 Å². The van der Waals surface area contributed by atoms with E-state index in [9.17, 15) is 4.79 Å². The molecular formula is C16H18N2O2. The number of carbonyl (C=O) groups is 1. The first-order valence-corrected chi connectivity index (χ1v) is 7.01. The minimum Gasteiger partial charge on any atom is -0.338 e. The topological polar surface area (TPSA) is 55.1 Å². The molecule has 1 aliphatic carbocycles. The molecule has 1 N–H and O–H groups in total. The second kappa shape index (κ2) is 5.12. The van der Waals surface area contributed by atoms with Crippen LogP contribution in [0.2, 0.25) is 0 Å². The van der Waals surface area contributed by atoms with Crippen molar-refractivity contribution in [2.75, 3.05) is 5.32 Å². The number of amides is 1. The summed E-state index contributed by atoms with van der Waals surface area (Å²) in [5.74, 6) is 0.906. The number of aromatic nitrogens is 1. The zero-order valence-corrected chi connectivity index (χ0v) is 11.7. The van der Waals surface area contributed by atoms with Gasteiger partial charge in [0.05, 0.1) is 5.69 Å². The summed E-state index contributed by atoms with van der Waals surface area (Å²) in [7, 11) is 0. The zero-order chi connectivity index (χ0) is 14.1. The molecule has 1 saturated carbocycles. The van der Waals surface area contributed by atoms with E-state index in [1.165, 1.54) is 5.56 Å². The van der Waals surface area contributed by atoms with E-state index in [4.69, 9.17) is 4.52 Å². The number of hydrogen-bond donors (Lipinski definition) is 1. The molecule has 2 atom stereocenters. The molecule has 1 heterocycles. The number of carbonyl (C=O) groups excluding carboxylic acids is 1. The molecule has 0 radical (unpaired) electrons. The molecular weight excluding hydrogens is 252 g/mol. The molecule has 1 aromatic carbocycles. The maximum absolute atomic E-state index is 12.2. The first-order chi connectivity index (χ1) is 9.70. The summed E-state index contributed by atoms with van der Waals surface area (Å²) in [5, 5.41) is 6.81. The van der Waals surface area contributed by atoms with Crippen molar-refractivity contribution < 1.29 is 9.32 Å². The molecule has 0 aliphatic heterocycles. The van der Waals surface area contributed by atoms with Crippen LogP contribution in [0.3, 0.4) is 0 Å². The van der Waals surface area contributed by atoms with Crippen molar-refractivity contribution in [3.05, 3.63) is 47.2 Å². The molecule has 1 amide bonds. The van der Waals surface area contributed by atoms with E-state index in [2.05, 4.69) is 22.6 Å². The van der Waals surface area contributed by atoms with Gasteiger partial charge >= 0.3 is 0 Å². The summed E-state index contributed by atoms with van der Waals surface area (Å²) in [4.78, 5) is 12.2. The standard InChI is InChI=1S/C16H18N2O2/c1-3-14-10(2)16(20-18-14)17-15(19)13-9-12(13)11-7-5-4-6-8-11/h4-8,12-13H,3,9H2,1-2H3,(H,17,19)/t12-,13+/m0/s1. The van der Waals surface area contributed by atoms with Crippen molar-refractivity contribution in [1.29, 1.82) is 0 Å². The number of rotatable bonds is 4. The molecule has 4 heteroatoms. The molecule has 1 fully saturated rings. The molecule has 1 aromatic heterocycles. The number of nitrogens with one attached hydrogen (secondary N) is 1. The van der Waals surface area contributed by atoms with Gasteiger partial charge < -0.3 is 4.52 Å². The van der Waals surface area contributed by atoms with Crippen molar-refractivity contribution in [3.8, 4) is 0 Å². The fourth-order valence-corrected chi connectivity index (χ4v) is 2.57. The van der Waals surface area contributed by atoms with Gasteiger partial charge in [0.2, 0.25) is 11.8 Å². The van der Waals surface area contributed by atoms with Gasteiger partial charge in [-0.3, -0.25) is 10.1 Å². The highest BCUT2D eigenvalue weighted by molar-refractivity contribution is 5.94. The van der Waals surface area contributed by atoms with Crippen LogP contribution in [-0.4, -0.2) is 11.1 Å². The van der Waals surface area contributed by atoms with Crippen LogP contribution >= 0.6 is 0 Å². The van der Waals surface area contributed by atoms with Gasteiger partial charge in [-0.05, 0) is 31.2 Å². The van der Waals surface area contributed by atoms with Crippen LogP contribution in [0.25, 0.3) is 0 Å². The van der Waals surface area contributed by atoms with Gasteiger partial charge in [0.15, 0.2) is 0 Å². The first kappa shape index (κ1) is 12.9. The van der Waals surface area contributed by atoms with E-state index in [0.717, 1.165) is 24.1 Å². The lowest BCUT2D eigenvalue weighted by Crippen LogP contribution is -2.14. The summed E-state index contributed by atoms with van der Waals surface area (Å²) in [6.07, 6.45) is 1.71. The SMILES string of the molecule is CCc1noc(NC(=O)[C@@H]2C[C@H]2c2ccccc2)c1C. The molecule has 0 unspecified atom stereocenters. The third-order valence-corrected chi connectivity index (χ3v) is 3.95. The minimum atomic E-state index is 0.0285. The van der Waals surface area contributed by atoms with Crippen LogP contribution in [0.4, 0.5) is 5.88 Å². The van der Waals surface area contributed by atoms with Crippen molar-refractivity contribution in [2.45, 2.75) is 32.6 Å². The Morgan fingerprint density at radius 2 is 2.15 bits per heavy atom. The Labute approximate surface area is 118 Å². The zero-order valence-electron chi connectivity index (χ0n) is 11.7. The van der Waals surface area contributed by atoms with E-state index in [1.807, 2.05) is 32.0 Å². The second-order valence-electron chi connectivity index (χ2n) is 5.29. The molecule has 2 aromatic rings. The summed E-state index contributed by atoms with van der Waals surface area (Å²) in [5.41, 5.74) is 3.06. The van der Waals surface area contributed by atoms with E-state index < -0.39 is 0 Å². The Morgan fingerprint density at radius 1 is 1.40 bits per heavy atom. The van der Waals surface area contributed by atoms with E-state index in [0.29, 0.717) is 11.8 Å². The molecule has 3 rings (SSSR count). The first-order valence-electron chi connectivity index (χ1n) is 7.01. The van der Waals surface area contributed by atoms with Crippen molar-refractivity contribution in [1.82, 2.24) is 5.16 Å². The molecule has 0 bridgehead atoms. The van der Waals surface area contributed by atoms with Crippen LogP contribution < -0.4 is 5.32 Å². The number of aryl methyl sites for hydroxylation is 1. The smallest absolute Gasteiger partial charge is 0.234 e. The maximum atomic E-state index is 12.2. The van der Waals surface area contributed by atoms with Gasteiger partial charge in [-0.2, -0.15) is 0 Å². The predicted octanol–water partition coefficient (Wildman–Crippen LogP) is 3.29. The lowest BCUT2D eigenvalue weighted by molar-refractivity contribution is -0.117. The Bertz CT molecular complexity index is 619. The monoisotopic (exact) mass is 270 g/mol. The van der Waals surface area contributed by atoms with Crippen LogP contribution in [0, 0.1) is 12.8 Å². The predicted molar refractivity (Wildman–Crippen MR) is 76.5 cm³/mol. The largest absolute Gasteiger partial charge is 0.338 e. The number of benzene rings is 1. The summed E-state index contributed by atoms with van der Waals surface area (Å²) in [6, 6.07) is 10.2. The van der Waals surface area contributed by atoms with Crippen molar-refractivity contribution >= 4 is 11.8 Å². The average molecular weight is 270 g/mol. The summed E-state index contributed by atoms with van der Waals surface area (Å²) >= 11 is 0. The number of anilines is 1. The second-order valence-corrected chi connectivity index (χ2v) is 5.29. The third-order valence-electron chi connectivity index (χ3n) is 3.95. The van der Waals surface area contributed by atoms with Gasteiger partial charge in [-0.15, -0.1) is 0 Å². The summed E-state index contributed by atoms with van der Waals surface area (Å²) in [6.45, 7) is 3.94. The third kappa shape index (κ3) is 2.33. The lowest BCUT2D eigenvalue weighted by atomic mass is 10.1. The fourth-order valence-electron chi connectivity index (χ4n) is 2.57. The van der Waals surface area contributed by atoms with Crippen LogP contribution in [0.15, 0.2) is 34.9 Å². The minimum absolute atomic E-state index is 0.0285. The Morgan fingerprint density at radius 3 is 2.80 bits per heavy atom. The van der Waals surface area contributed by atoms with Crippen LogP contribution in [0.1, 0.15) is 36.1 Å². The lowest BCUT2D eigenvalue weighted by Gasteiger charge is -2.02. The Kier molecular flexibility index (Phi) is 3.30. The highest BCUT2D eigenvalue weighted by atomic mass is 16.5. The molecule has 104 valence electrons. The molecule has 4 nitrogen and oxygen atoms in total. The van der Waals surface area contributed by atoms with Gasteiger partial charge in [0, 0.05) is 11.5 Å². The van der Waals surface area contributed by atoms with Gasteiger partial charge in [-0.1, -0.05) is 42.4 Å². The maximum Gasteiger partial charge on any atom is 0.234 e. The van der Waals surface area contributed by atoms with E-state index in [1.54, 1.807) is 0 Å². The molecule has 20 heavy (non-hydrogen) atoms. The highest BCUT2D eigenvalue weighted by Gasteiger charge is 2.44. The van der Waals surface area contributed by atoms with Crippen LogP contribution in [-0.2, 0) is 11.2 Å². The summed E-state index contributed by atoms with van der Waals surface area (Å²) < 4.78 is 5.19. The highest BCUT2D eigenvalue weighted by Crippen LogP contribution is 2.47. The molecule has 1 aliphatic rings. The number of hydrogen-bond acceptors (Lipinski definition) is 3. The normalized spacial score (nSPS) is 20.7. The van der Waals surface area contributed by atoms with Gasteiger partial charge in [0.25, 0.3) is 0 Å². The van der Waals surface area contributed by atoms with Gasteiger partial charge in [0.1, 0.15) is 0 Å². The Balaban J connectivity index is 1.65. The van der Waals surface area contributed by atoms with E-state index in [-0.39, 0.29) is 11.8 Å². The molecule has 0 spiro atoms. The van der Waals surface area contributed by atoms with Crippen molar-refractivity contribution in [3.63, 3.8) is 0 Å². The fraction of sp³-hybridized carbons (Fsp3) is 0.375. The average Bonchev–Trinajstić information content (AvgIpc) is 3.21. The van der Waals surface area contributed by atoms with Crippen LogP contribution in [0.5, 0.6) is 0 Å². The van der Waals surface area contributed by atoms with Gasteiger partial charge in [-0.25, -0.2) is 0 Å². The number of nitrogens with zero attached hydrogens (tertiary/aromatic N) is 1. The van der Waals surface area contributed by atoms with Crippen molar-refractivity contribution in [2.24, 2.45) is 5.92 Å². The quantitative estimate of drug-likeness (QED) is 0.927. The molecule has 0 saturated heterocycles.